The highest BCUT2D eigenvalue weighted by molar-refractivity contribution is 5.90. The van der Waals surface area contributed by atoms with Gasteiger partial charge < -0.3 is 10.1 Å². The maximum atomic E-state index is 12.3. The van der Waals surface area contributed by atoms with Gasteiger partial charge in [-0.25, -0.2) is 4.79 Å². The molecule has 0 radical (unpaired) electrons. The van der Waals surface area contributed by atoms with E-state index in [0.29, 0.717) is 6.42 Å². The van der Waals surface area contributed by atoms with Crippen LogP contribution in [0.1, 0.15) is 61.8 Å². The summed E-state index contributed by atoms with van der Waals surface area (Å²) in [5, 5.41) is 3.31. The number of ether oxygens (including phenoxy) is 1. The van der Waals surface area contributed by atoms with Crippen LogP contribution in [0.4, 0.5) is 0 Å². The lowest BCUT2D eigenvalue weighted by Gasteiger charge is -2.32. The van der Waals surface area contributed by atoms with Crippen molar-refractivity contribution in [3.8, 4) is 0 Å². The van der Waals surface area contributed by atoms with Gasteiger partial charge in [-0.05, 0) is 45.6 Å². The number of carbonyl (C=O) groups excluding carboxylic acids is 1. The minimum Gasteiger partial charge on any atom is -0.457 e. The third-order valence-corrected chi connectivity index (χ3v) is 3.18. The lowest BCUT2D eigenvalue weighted by molar-refractivity contribution is -0.150. The molecular weight excluding hydrogens is 238 g/mol. The molecule has 0 unspecified atom stereocenters. The minimum atomic E-state index is -0.456. The van der Waals surface area contributed by atoms with Crippen molar-refractivity contribution in [3.63, 3.8) is 0 Å². The van der Waals surface area contributed by atoms with Crippen LogP contribution in [0.2, 0.25) is 0 Å². The average Bonchev–Trinajstić information content (AvgIpc) is 2.11. The molecule has 0 amide bonds. The number of rotatable bonds is 1. The zero-order valence-corrected chi connectivity index (χ0v) is 13.5. The summed E-state index contributed by atoms with van der Waals surface area (Å²) in [7, 11) is 0. The second-order valence-electron chi connectivity index (χ2n) is 7.26. The Morgan fingerprint density at radius 1 is 1.05 bits per heavy atom. The van der Waals surface area contributed by atoms with E-state index in [1.165, 1.54) is 5.57 Å². The SMILES string of the molecule is CC1=C(C(=O)OC(C)(C)C)CC(C(C)(C)C)=C(C)N1. The second kappa shape index (κ2) is 5.03. The maximum Gasteiger partial charge on any atom is 0.336 e. The second-order valence-corrected chi connectivity index (χ2v) is 7.26. The lowest BCUT2D eigenvalue weighted by Crippen LogP contribution is -2.31. The fourth-order valence-electron chi connectivity index (χ4n) is 2.27. The van der Waals surface area contributed by atoms with E-state index in [2.05, 4.69) is 33.0 Å². The summed E-state index contributed by atoms with van der Waals surface area (Å²) < 4.78 is 5.48. The molecule has 1 heterocycles. The van der Waals surface area contributed by atoms with Gasteiger partial charge in [-0.1, -0.05) is 20.8 Å². The molecule has 0 aromatic carbocycles. The van der Waals surface area contributed by atoms with Crippen molar-refractivity contribution in [2.24, 2.45) is 5.41 Å². The molecule has 1 aliphatic rings. The van der Waals surface area contributed by atoms with E-state index in [-0.39, 0.29) is 11.4 Å². The molecule has 0 aliphatic carbocycles. The summed E-state index contributed by atoms with van der Waals surface area (Å²) >= 11 is 0. The summed E-state index contributed by atoms with van der Waals surface area (Å²) in [6, 6.07) is 0. The highest BCUT2D eigenvalue weighted by Crippen LogP contribution is 2.36. The molecule has 0 spiro atoms. The Morgan fingerprint density at radius 2 is 1.58 bits per heavy atom. The topological polar surface area (TPSA) is 38.3 Å². The number of esters is 1. The van der Waals surface area contributed by atoms with E-state index in [4.69, 9.17) is 4.74 Å². The summed E-state index contributed by atoms with van der Waals surface area (Å²) in [6.45, 7) is 16.2. The van der Waals surface area contributed by atoms with Gasteiger partial charge in [0.1, 0.15) is 5.60 Å². The molecule has 108 valence electrons. The molecule has 0 bridgehead atoms. The number of hydrogen-bond acceptors (Lipinski definition) is 3. The van der Waals surface area contributed by atoms with E-state index >= 15 is 0 Å². The van der Waals surface area contributed by atoms with Crippen molar-refractivity contribution < 1.29 is 9.53 Å². The molecule has 0 aromatic heterocycles. The number of allylic oxidation sites excluding steroid dienone is 3. The van der Waals surface area contributed by atoms with Crippen LogP contribution in [0.5, 0.6) is 0 Å². The highest BCUT2D eigenvalue weighted by Gasteiger charge is 2.30. The van der Waals surface area contributed by atoms with Crippen LogP contribution in [-0.4, -0.2) is 11.6 Å². The van der Waals surface area contributed by atoms with Crippen molar-refractivity contribution in [2.45, 2.75) is 67.4 Å². The minimum absolute atomic E-state index is 0.0467. The van der Waals surface area contributed by atoms with Crippen molar-refractivity contribution >= 4 is 5.97 Å². The maximum absolute atomic E-state index is 12.3. The van der Waals surface area contributed by atoms with Crippen LogP contribution in [0.25, 0.3) is 0 Å². The number of dihydropyridines is 1. The molecule has 1 rings (SSSR count). The molecule has 0 saturated heterocycles. The summed E-state index contributed by atoms with van der Waals surface area (Å²) in [4.78, 5) is 12.3. The summed E-state index contributed by atoms with van der Waals surface area (Å²) in [6.07, 6.45) is 0.670. The Balaban J connectivity index is 2.99. The summed E-state index contributed by atoms with van der Waals surface area (Å²) in [5.74, 6) is -0.216. The molecular formula is C16H27NO2. The molecule has 3 nitrogen and oxygen atoms in total. The Bertz CT molecular complexity index is 442. The van der Waals surface area contributed by atoms with Crippen molar-refractivity contribution in [2.75, 3.05) is 0 Å². The molecule has 1 aliphatic heterocycles. The quantitative estimate of drug-likeness (QED) is 0.730. The monoisotopic (exact) mass is 265 g/mol. The standard InChI is InChI=1S/C16H27NO2/c1-10-12(14(18)19-16(6,7)8)9-13(11(2)17-10)15(3,4)5/h17H,9H2,1-8H3. The van der Waals surface area contributed by atoms with Crippen LogP contribution in [0, 0.1) is 5.41 Å². The Kier molecular flexibility index (Phi) is 4.18. The van der Waals surface area contributed by atoms with Gasteiger partial charge in [-0.2, -0.15) is 0 Å². The molecule has 0 fully saturated rings. The largest absolute Gasteiger partial charge is 0.457 e. The first-order valence-corrected chi connectivity index (χ1v) is 6.82. The van der Waals surface area contributed by atoms with Gasteiger partial charge in [-0.3, -0.25) is 0 Å². The molecule has 19 heavy (non-hydrogen) atoms. The van der Waals surface area contributed by atoms with Crippen molar-refractivity contribution in [1.82, 2.24) is 5.32 Å². The van der Waals surface area contributed by atoms with E-state index in [0.717, 1.165) is 17.0 Å². The zero-order chi connectivity index (χ0) is 15.0. The first-order valence-electron chi connectivity index (χ1n) is 6.82. The first-order chi connectivity index (χ1) is 8.42. The third-order valence-electron chi connectivity index (χ3n) is 3.18. The van der Waals surface area contributed by atoms with Gasteiger partial charge in [0.2, 0.25) is 0 Å². The van der Waals surface area contributed by atoms with Crippen LogP contribution in [-0.2, 0) is 9.53 Å². The lowest BCUT2D eigenvalue weighted by atomic mass is 9.79. The average molecular weight is 265 g/mol. The van der Waals surface area contributed by atoms with E-state index < -0.39 is 5.60 Å². The van der Waals surface area contributed by atoms with Crippen LogP contribution < -0.4 is 5.32 Å². The van der Waals surface area contributed by atoms with Crippen molar-refractivity contribution in [1.29, 1.82) is 0 Å². The van der Waals surface area contributed by atoms with E-state index in [1.807, 2.05) is 27.7 Å². The zero-order valence-electron chi connectivity index (χ0n) is 13.5. The number of nitrogens with one attached hydrogen (secondary N) is 1. The molecule has 0 aromatic rings. The normalized spacial score (nSPS) is 17.5. The Morgan fingerprint density at radius 3 is 2.00 bits per heavy atom. The Hall–Kier alpha value is -1.25. The van der Waals surface area contributed by atoms with Gasteiger partial charge in [0.15, 0.2) is 0 Å². The predicted octanol–water partition coefficient (Wildman–Crippen LogP) is 3.92. The van der Waals surface area contributed by atoms with Gasteiger partial charge in [0, 0.05) is 17.8 Å². The van der Waals surface area contributed by atoms with Gasteiger partial charge in [0.25, 0.3) is 0 Å². The summed E-state index contributed by atoms with van der Waals surface area (Å²) in [5.41, 5.74) is 3.65. The predicted molar refractivity (Wildman–Crippen MR) is 78.5 cm³/mol. The van der Waals surface area contributed by atoms with E-state index in [1.54, 1.807) is 0 Å². The van der Waals surface area contributed by atoms with Crippen LogP contribution >= 0.6 is 0 Å². The number of hydrogen-bond donors (Lipinski definition) is 1. The molecule has 3 heteroatoms. The third kappa shape index (κ3) is 4.12. The van der Waals surface area contributed by atoms with Gasteiger partial charge in [0.05, 0.1) is 5.57 Å². The highest BCUT2D eigenvalue weighted by atomic mass is 16.6. The Labute approximate surface area is 117 Å². The smallest absolute Gasteiger partial charge is 0.336 e. The number of carbonyl (C=O) groups is 1. The fourth-order valence-corrected chi connectivity index (χ4v) is 2.27. The van der Waals surface area contributed by atoms with Crippen LogP contribution in [0.3, 0.4) is 0 Å². The molecule has 0 atom stereocenters. The first kappa shape index (κ1) is 15.8. The van der Waals surface area contributed by atoms with Gasteiger partial charge >= 0.3 is 5.97 Å². The molecule has 1 N–H and O–H groups in total. The fraction of sp³-hybridized carbons (Fsp3) is 0.688. The molecule has 0 saturated carbocycles. The van der Waals surface area contributed by atoms with Crippen molar-refractivity contribution in [3.05, 3.63) is 22.5 Å². The van der Waals surface area contributed by atoms with Crippen LogP contribution in [0.15, 0.2) is 22.5 Å². The van der Waals surface area contributed by atoms with Gasteiger partial charge in [-0.15, -0.1) is 0 Å². The van der Waals surface area contributed by atoms with E-state index in [9.17, 15) is 4.79 Å².